The first-order valence-electron chi connectivity index (χ1n) is 10.2. The van der Waals surface area contributed by atoms with E-state index in [0.29, 0.717) is 16.7 Å². The zero-order chi connectivity index (χ0) is 17.9. The van der Waals surface area contributed by atoms with E-state index in [-0.39, 0.29) is 5.60 Å². The summed E-state index contributed by atoms with van der Waals surface area (Å²) in [5.74, 6) is 3.48. The third-order valence-electron chi connectivity index (χ3n) is 7.85. The number of rotatable bonds is 2. The Hall–Kier alpha value is -1.18. The van der Waals surface area contributed by atoms with Gasteiger partial charge < -0.3 is 9.47 Å². The van der Waals surface area contributed by atoms with Crippen LogP contribution in [0.25, 0.3) is 0 Å². The molecule has 3 aliphatic rings. The zero-order valence-corrected chi connectivity index (χ0v) is 16.7. The minimum Gasteiger partial charge on any atom is -0.494 e. The van der Waals surface area contributed by atoms with E-state index >= 15 is 0 Å². The average molecular weight is 343 g/mol. The molecule has 1 aromatic rings. The fraction of sp³-hybridized carbons (Fsp3) is 0.739. The smallest absolute Gasteiger partial charge is 0.123 e. The van der Waals surface area contributed by atoms with Crippen LogP contribution >= 0.6 is 0 Å². The molecule has 2 nitrogen and oxygen atoms in total. The molecule has 0 amide bonds. The number of ether oxygens (including phenoxy) is 2. The molecule has 4 atom stereocenters. The maximum absolute atomic E-state index is 6.68. The summed E-state index contributed by atoms with van der Waals surface area (Å²) < 4.78 is 12.4. The Balaban J connectivity index is 1.72. The second kappa shape index (κ2) is 5.66. The SMILES string of the molecule is CCOc1ccc2c(c1)C[C@@H]1[C@@]3(C)CCCC(C)(C)[C@@H]3CC[C@@]1(C)O2. The average Bonchev–Trinajstić information content (AvgIpc) is 2.53. The highest BCUT2D eigenvalue weighted by atomic mass is 16.5. The maximum Gasteiger partial charge on any atom is 0.123 e. The first-order chi connectivity index (χ1) is 11.8. The summed E-state index contributed by atoms with van der Waals surface area (Å²) in [6, 6.07) is 6.41. The van der Waals surface area contributed by atoms with Gasteiger partial charge in [-0.3, -0.25) is 0 Å². The molecule has 0 aromatic heterocycles. The Morgan fingerprint density at radius 1 is 1.08 bits per heavy atom. The summed E-state index contributed by atoms with van der Waals surface area (Å²) in [6.45, 7) is 12.7. The Morgan fingerprint density at radius 3 is 2.64 bits per heavy atom. The fourth-order valence-electron chi connectivity index (χ4n) is 6.72. The van der Waals surface area contributed by atoms with E-state index < -0.39 is 0 Å². The number of hydrogen-bond acceptors (Lipinski definition) is 2. The fourth-order valence-corrected chi connectivity index (χ4v) is 6.72. The minimum atomic E-state index is -0.0151. The predicted octanol–water partition coefficient (Wildman–Crippen LogP) is 6.02. The second-order valence-corrected chi connectivity index (χ2v) is 9.81. The molecule has 4 rings (SSSR count). The molecule has 1 aromatic carbocycles. The summed E-state index contributed by atoms with van der Waals surface area (Å²) in [7, 11) is 0. The Morgan fingerprint density at radius 2 is 1.88 bits per heavy atom. The molecule has 2 heteroatoms. The van der Waals surface area contributed by atoms with E-state index in [0.717, 1.165) is 30.4 Å². The standard InChI is InChI=1S/C23H34O2/c1-6-24-17-8-9-18-16(14-17)15-20-22(4)12-7-11-21(2,3)19(22)10-13-23(20,5)25-18/h8-9,14,19-20H,6-7,10-13,15H2,1-5H3/t19-,20+,22-,23+/m0/s1. The van der Waals surface area contributed by atoms with Gasteiger partial charge in [0.15, 0.2) is 0 Å². The van der Waals surface area contributed by atoms with Crippen molar-refractivity contribution in [1.29, 1.82) is 0 Å². The van der Waals surface area contributed by atoms with Crippen LogP contribution < -0.4 is 9.47 Å². The van der Waals surface area contributed by atoms with Crippen LogP contribution in [0.15, 0.2) is 18.2 Å². The summed E-state index contributed by atoms with van der Waals surface area (Å²) in [4.78, 5) is 0. The first-order valence-corrected chi connectivity index (χ1v) is 10.2. The van der Waals surface area contributed by atoms with E-state index in [4.69, 9.17) is 9.47 Å². The molecule has 138 valence electrons. The highest BCUT2D eigenvalue weighted by Crippen LogP contribution is 2.64. The highest BCUT2D eigenvalue weighted by Gasteiger charge is 2.60. The van der Waals surface area contributed by atoms with E-state index in [9.17, 15) is 0 Å². The van der Waals surface area contributed by atoms with E-state index in [1.807, 2.05) is 6.92 Å². The van der Waals surface area contributed by atoms with Gasteiger partial charge in [0, 0.05) is 5.92 Å². The number of fused-ring (bicyclic) bond motifs is 4. The van der Waals surface area contributed by atoms with Crippen LogP contribution in [0.2, 0.25) is 0 Å². The Bertz CT molecular complexity index is 664. The zero-order valence-electron chi connectivity index (χ0n) is 16.7. The van der Waals surface area contributed by atoms with Crippen molar-refractivity contribution in [3.63, 3.8) is 0 Å². The molecule has 0 unspecified atom stereocenters. The molecule has 0 bridgehead atoms. The summed E-state index contributed by atoms with van der Waals surface area (Å²) in [6.07, 6.45) is 7.72. The van der Waals surface area contributed by atoms with Crippen molar-refractivity contribution in [3.8, 4) is 11.5 Å². The molecule has 25 heavy (non-hydrogen) atoms. The van der Waals surface area contributed by atoms with Crippen LogP contribution in [-0.2, 0) is 6.42 Å². The molecule has 2 aliphatic carbocycles. The third-order valence-corrected chi connectivity index (χ3v) is 7.85. The maximum atomic E-state index is 6.68. The largest absolute Gasteiger partial charge is 0.494 e. The van der Waals surface area contributed by atoms with Gasteiger partial charge in [-0.2, -0.15) is 0 Å². The van der Waals surface area contributed by atoms with Crippen LogP contribution in [0.4, 0.5) is 0 Å². The number of benzene rings is 1. The molecule has 2 fully saturated rings. The summed E-state index contributed by atoms with van der Waals surface area (Å²) in [5, 5.41) is 0. The van der Waals surface area contributed by atoms with Gasteiger partial charge in [0.2, 0.25) is 0 Å². The van der Waals surface area contributed by atoms with E-state index in [1.54, 1.807) is 0 Å². The lowest BCUT2D eigenvalue weighted by atomic mass is 9.44. The van der Waals surface area contributed by atoms with Crippen LogP contribution in [0, 0.1) is 22.7 Å². The van der Waals surface area contributed by atoms with Crippen LogP contribution in [0.1, 0.15) is 72.3 Å². The molecule has 1 aliphatic heterocycles. The van der Waals surface area contributed by atoms with Crippen molar-refractivity contribution in [2.75, 3.05) is 6.61 Å². The van der Waals surface area contributed by atoms with Gasteiger partial charge in [-0.05, 0) is 86.5 Å². The molecule has 0 spiro atoms. The van der Waals surface area contributed by atoms with Gasteiger partial charge in [-0.25, -0.2) is 0 Å². The Labute approximate surface area is 153 Å². The van der Waals surface area contributed by atoms with Gasteiger partial charge in [-0.1, -0.05) is 27.2 Å². The summed E-state index contributed by atoms with van der Waals surface area (Å²) in [5.41, 5.74) is 2.17. The van der Waals surface area contributed by atoms with Crippen LogP contribution in [-0.4, -0.2) is 12.2 Å². The van der Waals surface area contributed by atoms with E-state index in [1.165, 1.54) is 37.7 Å². The molecule has 2 saturated carbocycles. The van der Waals surface area contributed by atoms with Gasteiger partial charge >= 0.3 is 0 Å². The molecular weight excluding hydrogens is 308 g/mol. The summed E-state index contributed by atoms with van der Waals surface area (Å²) >= 11 is 0. The highest BCUT2D eigenvalue weighted by molar-refractivity contribution is 5.43. The van der Waals surface area contributed by atoms with Crippen molar-refractivity contribution in [2.24, 2.45) is 22.7 Å². The van der Waals surface area contributed by atoms with Gasteiger partial charge in [0.05, 0.1) is 6.61 Å². The lowest BCUT2D eigenvalue weighted by molar-refractivity contribution is -0.162. The predicted molar refractivity (Wildman–Crippen MR) is 102 cm³/mol. The van der Waals surface area contributed by atoms with Gasteiger partial charge in [0.25, 0.3) is 0 Å². The van der Waals surface area contributed by atoms with E-state index in [2.05, 4.69) is 45.9 Å². The molecule has 1 heterocycles. The lowest BCUT2D eigenvalue weighted by Crippen LogP contribution is -2.61. The van der Waals surface area contributed by atoms with Crippen molar-refractivity contribution in [3.05, 3.63) is 23.8 Å². The topological polar surface area (TPSA) is 18.5 Å². The first kappa shape index (κ1) is 17.2. The molecule has 0 N–H and O–H groups in total. The normalized spacial score (nSPS) is 38.8. The van der Waals surface area contributed by atoms with Crippen molar-refractivity contribution in [2.45, 2.75) is 78.7 Å². The van der Waals surface area contributed by atoms with Gasteiger partial charge in [-0.15, -0.1) is 0 Å². The second-order valence-electron chi connectivity index (χ2n) is 9.81. The van der Waals surface area contributed by atoms with Gasteiger partial charge in [0.1, 0.15) is 17.1 Å². The molecule has 0 saturated heterocycles. The Kier molecular flexibility index (Phi) is 3.90. The quantitative estimate of drug-likeness (QED) is 0.654. The van der Waals surface area contributed by atoms with Crippen molar-refractivity contribution in [1.82, 2.24) is 0 Å². The third kappa shape index (κ3) is 2.59. The monoisotopic (exact) mass is 342 g/mol. The molecule has 0 radical (unpaired) electrons. The minimum absolute atomic E-state index is 0.0151. The lowest BCUT2D eigenvalue weighted by Gasteiger charge is -2.63. The van der Waals surface area contributed by atoms with Crippen molar-refractivity contribution >= 4 is 0 Å². The number of hydrogen-bond donors (Lipinski definition) is 0. The van der Waals surface area contributed by atoms with Crippen LogP contribution in [0.3, 0.4) is 0 Å². The van der Waals surface area contributed by atoms with Crippen molar-refractivity contribution < 1.29 is 9.47 Å². The molecular formula is C23H34O2. The van der Waals surface area contributed by atoms with Crippen LogP contribution in [0.5, 0.6) is 11.5 Å².